The lowest BCUT2D eigenvalue weighted by Crippen LogP contribution is -2.27. The molecule has 2 nitrogen and oxygen atoms in total. The Morgan fingerprint density at radius 2 is 1.67 bits per heavy atom. The maximum Gasteiger partial charge on any atom is 0.293 e. The van der Waals surface area contributed by atoms with Gasteiger partial charge in [0, 0.05) is 0 Å². The number of rotatable bonds is 10. The van der Waals surface area contributed by atoms with Crippen LogP contribution in [0.15, 0.2) is 0 Å². The van der Waals surface area contributed by atoms with Crippen molar-refractivity contribution in [2.75, 3.05) is 0 Å². The fourth-order valence-electron chi connectivity index (χ4n) is 1.71. The van der Waals surface area contributed by atoms with Crippen LogP contribution in [-0.2, 0) is 9.53 Å². The van der Waals surface area contributed by atoms with E-state index in [0.29, 0.717) is 6.47 Å². The van der Waals surface area contributed by atoms with E-state index in [1.807, 2.05) is 6.92 Å². The first-order valence-corrected chi connectivity index (χ1v) is 6.30. The van der Waals surface area contributed by atoms with Crippen molar-refractivity contribution >= 4 is 6.47 Å². The second kappa shape index (κ2) is 8.75. The summed E-state index contributed by atoms with van der Waals surface area (Å²) in [6.45, 7) is 6.90. The van der Waals surface area contributed by atoms with Gasteiger partial charge in [0.15, 0.2) is 0 Å². The molecule has 0 bridgehead atoms. The predicted molar refractivity (Wildman–Crippen MR) is 63.8 cm³/mol. The summed E-state index contributed by atoms with van der Waals surface area (Å²) in [6.07, 6.45) is 9.62. The zero-order valence-corrected chi connectivity index (χ0v) is 10.6. The molecule has 1 unspecified atom stereocenters. The summed E-state index contributed by atoms with van der Waals surface area (Å²) in [5.41, 5.74) is -0.230. The van der Waals surface area contributed by atoms with Crippen LogP contribution in [0.1, 0.15) is 72.1 Å². The topological polar surface area (TPSA) is 26.3 Å². The van der Waals surface area contributed by atoms with Gasteiger partial charge in [0.2, 0.25) is 0 Å². The van der Waals surface area contributed by atoms with E-state index in [4.69, 9.17) is 4.74 Å². The quantitative estimate of drug-likeness (QED) is 0.404. The molecular formula is C13H26O2. The van der Waals surface area contributed by atoms with E-state index in [2.05, 4.69) is 13.8 Å². The Bertz CT molecular complexity index is 157. The number of hydrogen-bond acceptors (Lipinski definition) is 2. The monoisotopic (exact) mass is 214 g/mol. The van der Waals surface area contributed by atoms with Crippen LogP contribution >= 0.6 is 0 Å². The molecule has 2 heteroatoms. The summed E-state index contributed by atoms with van der Waals surface area (Å²) < 4.78 is 5.13. The third-order valence-corrected chi connectivity index (χ3v) is 3.14. The van der Waals surface area contributed by atoms with Gasteiger partial charge in [0.05, 0.1) is 0 Å². The summed E-state index contributed by atoms with van der Waals surface area (Å²) in [5.74, 6) is 0. The predicted octanol–water partition coefficient (Wildman–Crippen LogP) is 4.08. The lowest BCUT2D eigenvalue weighted by molar-refractivity contribution is -0.143. The Morgan fingerprint density at radius 3 is 2.20 bits per heavy atom. The first-order valence-electron chi connectivity index (χ1n) is 6.30. The fraction of sp³-hybridized carbons (Fsp3) is 0.923. The zero-order valence-electron chi connectivity index (χ0n) is 10.6. The molecule has 0 saturated carbocycles. The van der Waals surface area contributed by atoms with E-state index in [1.54, 1.807) is 0 Å². The smallest absolute Gasteiger partial charge is 0.293 e. The van der Waals surface area contributed by atoms with Gasteiger partial charge in [-0.15, -0.1) is 0 Å². The standard InChI is InChI=1S/C13H26O2/c1-4-6-7-8-9-10-11-13(3,5-2)15-12-14/h12H,4-11H2,1-3H3. The van der Waals surface area contributed by atoms with Crippen LogP contribution in [0, 0.1) is 0 Å². The van der Waals surface area contributed by atoms with E-state index < -0.39 is 0 Å². The SMILES string of the molecule is CCCCCCCCC(C)(CC)OC=O. The Morgan fingerprint density at radius 1 is 1.07 bits per heavy atom. The molecule has 0 rings (SSSR count). The van der Waals surface area contributed by atoms with E-state index in [1.165, 1.54) is 38.5 Å². The van der Waals surface area contributed by atoms with Crippen LogP contribution in [0.25, 0.3) is 0 Å². The molecule has 0 aliphatic rings. The molecule has 0 fully saturated rings. The highest BCUT2D eigenvalue weighted by atomic mass is 16.5. The fourth-order valence-corrected chi connectivity index (χ4v) is 1.71. The third-order valence-electron chi connectivity index (χ3n) is 3.14. The van der Waals surface area contributed by atoms with Gasteiger partial charge in [-0.25, -0.2) is 0 Å². The van der Waals surface area contributed by atoms with Gasteiger partial charge in [-0.3, -0.25) is 4.79 Å². The second-order valence-corrected chi connectivity index (χ2v) is 4.54. The zero-order chi connectivity index (χ0) is 11.6. The molecule has 0 aliphatic carbocycles. The summed E-state index contributed by atoms with van der Waals surface area (Å²) in [7, 11) is 0. The highest BCUT2D eigenvalue weighted by molar-refractivity contribution is 5.38. The van der Waals surface area contributed by atoms with Gasteiger partial charge in [0.25, 0.3) is 6.47 Å². The minimum atomic E-state index is -0.230. The molecule has 0 heterocycles. The minimum Gasteiger partial charge on any atom is -0.462 e. The summed E-state index contributed by atoms with van der Waals surface area (Å²) in [6, 6.07) is 0. The highest BCUT2D eigenvalue weighted by Crippen LogP contribution is 2.22. The second-order valence-electron chi connectivity index (χ2n) is 4.54. The molecule has 0 aromatic rings. The average molecular weight is 214 g/mol. The van der Waals surface area contributed by atoms with E-state index in [-0.39, 0.29) is 5.60 Å². The van der Waals surface area contributed by atoms with Gasteiger partial charge in [0.1, 0.15) is 5.60 Å². The third kappa shape index (κ3) is 7.40. The van der Waals surface area contributed by atoms with Crippen LogP contribution in [0.4, 0.5) is 0 Å². The van der Waals surface area contributed by atoms with Crippen molar-refractivity contribution in [1.29, 1.82) is 0 Å². The molecule has 0 aromatic carbocycles. The number of ether oxygens (including phenoxy) is 1. The van der Waals surface area contributed by atoms with Crippen molar-refractivity contribution < 1.29 is 9.53 Å². The molecule has 0 saturated heterocycles. The highest BCUT2D eigenvalue weighted by Gasteiger charge is 2.22. The molecule has 1 atom stereocenters. The average Bonchev–Trinajstić information content (AvgIpc) is 2.24. The van der Waals surface area contributed by atoms with Crippen LogP contribution in [0.5, 0.6) is 0 Å². The lowest BCUT2D eigenvalue weighted by atomic mass is 9.95. The van der Waals surface area contributed by atoms with Gasteiger partial charge in [-0.2, -0.15) is 0 Å². The van der Waals surface area contributed by atoms with E-state index in [0.717, 1.165) is 12.8 Å². The van der Waals surface area contributed by atoms with Crippen molar-refractivity contribution in [3.63, 3.8) is 0 Å². The summed E-state index contributed by atoms with van der Waals surface area (Å²) in [5, 5.41) is 0. The maximum absolute atomic E-state index is 10.3. The number of unbranched alkanes of at least 4 members (excludes halogenated alkanes) is 5. The Balaban J connectivity index is 3.50. The van der Waals surface area contributed by atoms with Gasteiger partial charge >= 0.3 is 0 Å². The van der Waals surface area contributed by atoms with Crippen molar-refractivity contribution in [3.05, 3.63) is 0 Å². The van der Waals surface area contributed by atoms with Gasteiger partial charge in [-0.05, 0) is 26.2 Å². The molecule has 0 spiro atoms. The van der Waals surface area contributed by atoms with Crippen LogP contribution in [-0.4, -0.2) is 12.1 Å². The molecule has 90 valence electrons. The Hall–Kier alpha value is -0.530. The molecule has 0 N–H and O–H groups in total. The molecule has 0 amide bonds. The largest absolute Gasteiger partial charge is 0.462 e. The van der Waals surface area contributed by atoms with Crippen LogP contribution in [0.3, 0.4) is 0 Å². The lowest BCUT2D eigenvalue weighted by Gasteiger charge is -2.26. The van der Waals surface area contributed by atoms with Crippen LogP contribution < -0.4 is 0 Å². The van der Waals surface area contributed by atoms with Crippen molar-refractivity contribution in [2.24, 2.45) is 0 Å². The first kappa shape index (κ1) is 14.5. The molecule has 0 aromatic heterocycles. The maximum atomic E-state index is 10.3. The van der Waals surface area contributed by atoms with Crippen molar-refractivity contribution in [3.8, 4) is 0 Å². The molecule has 0 aliphatic heterocycles. The number of hydrogen-bond donors (Lipinski definition) is 0. The summed E-state index contributed by atoms with van der Waals surface area (Å²) >= 11 is 0. The van der Waals surface area contributed by atoms with E-state index >= 15 is 0 Å². The number of carbonyl (C=O) groups is 1. The van der Waals surface area contributed by atoms with Gasteiger partial charge in [-0.1, -0.05) is 46.0 Å². The molecule has 0 radical (unpaired) electrons. The number of carbonyl (C=O) groups excluding carboxylic acids is 1. The van der Waals surface area contributed by atoms with Crippen LogP contribution in [0.2, 0.25) is 0 Å². The van der Waals surface area contributed by atoms with Crippen molar-refractivity contribution in [2.45, 2.75) is 77.7 Å². The van der Waals surface area contributed by atoms with Crippen molar-refractivity contribution in [1.82, 2.24) is 0 Å². The first-order chi connectivity index (χ1) is 7.18. The summed E-state index contributed by atoms with van der Waals surface area (Å²) in [4.78, 5) is 10.3. The molecule has 15 heavy (non-hydrogen) atoms. The van der Waals surface area contributed by atoms with E-state index in [9.17, 15) is 4.79 Å². The Labute approximate surface area is 94.4 Å². The molecular weight excluding hydrogens is 188 g/mol. The minimum absolute atomic E-state index is 0.230. The Kier molecular flexibility index (Phi) is 8.44. The normalized spacial score (nSPS) is 14.6. The van der Waals surface area contributed by atoms with Gasteiger partial charge < -0.3 is 4.74 Å².